The van der Waals surface area contributed by atoms with E-state index in [1.54, 1.807) is 7.05 Å². The summed E-state index contributed by atoms with van der Waals surface area (Å²) in [6.07, 6.45) is 1.33. The summed E-state index contributed by atoms with van der Waals surface area (Å²) >= 11 is 0. The van der Waals surface area contributed by atoms with Gasteiger partial charge < -0.3 is 0 Å². The van der Waals surface area contributed by atoms with Crippen LogP contribution in [0, 0.1) is 16.7 Å². The zero-order valence-corrected chi connectivity index (χ0v) is 11.2. The van der Waals surface area contributed by atoms with E-state index in [1.165, 1.54) is 10.9 Å². The normalized spacial score (nSPS) is 12.2. The average Bonchev–Trinajstić information content (AvgIpc) is 2.43. The van der Waals surface area contributed by atoms with Crippen molar-refractivity contribution in [1.82, 2.24) is 9.78 Å². The van der Waals surface area contributed by atoms with Crippen LogP contribution in [0.25, 0.3) is 0 Å². The molecule has 0 bridgehead atoms. The number of aryl methyl sites for hydroxylation is 1. The smallest absolute Gasteiger partial charge is 0.234 e. The maximum absolute atomic E-state index is 11.9. The number of nitriles is 1. The SMILES string of the molecule is Cn1ncc(C#N)c1NS(=O)(=O)CC(C)(C)C. The molecule has 0 atom stereocenters. The maximum atomic E-state index is 11.9. The van der Waals surface area contributed by atoms with Gasteiger partial charge in [0.2, 0.25) is 10.0 Å². The van der Waals surface area contributed by atoms with E-state index in [-0.39, 0.29) is 22.5 Å². The lowest BCUT2D eigenvalue weighted by atomic mass is 10.0. The Morgan fingerprint density at radius 3 is 2.59 bits per heavy atom. The summed E-state index contributed by atoms with van der Waals surface area (Å²) in [5.41, 5.74) is -0.137. The number of aromatic nitrogens is 2. The summed E-state index contributed by atoms with van der Waals surface area (Å²) in [7, 11) is -1.90. The van der Waals surface area contributed by atoms with Crippen LogP contribution in [0.3, 0.4) is 0 Å². The van der Waals surface area contributed by atoms with E-state index in [1.807, 2.05) is 26.8 Å². The van der Waals surface area contributed by atoms with Crippen molar-refractivity contribution in [3.63, 3.8) is 0 Å². The van der Waals surface area contributed by atoms with Crippen LogP contribution in [0.2, 0.25) is 0 Å². The number of sulfonamides is 1. The molecule has 0 spiro atoms. The Kier molecular flexibility index (Phi) is 3.48. The predicted octanol–water partition coefficient (Wildman–Crippen LogP) is 1.08. The van der Waals surface area contributed by atoms with Gasteiger partial charge in [0.05, 0.1) is 11.9 Å². The van der Waals surface area contributed by atoms with Gasteiger partial charge in [-0.15, -0.1) is 0 Å². The van der Waals surface area contributed by atoms with E-state index < -0.39 is 10.0 Å². The molecule has 0 unspecified atom stereocenters. The number of anilines is 1. The third-order valence-corrected chi connectivity index (χ3v) is 3.68. The molecule has 0 aliphatic heterocycles. The van der Waals surface area contributed by atoms with Crippen LogP contribution in [-0.2, 0) is 17.1 Å². The molecule has 7 heteroatoms. The highest BCUT2D eigenvalue weighted by atomic mass is 32.2. The minimum Gasteiger partial charge on any atom is -0.266 e. The maximum Gasteiger partial charge on any atom is 0.234 e. The van der Waals surface area contributed by atoms with Crippen molar-refractivity contribution in [2.75, 3.05) is 10.5 Å². The molecule has 0 saturated heterocycles. The van der Waals surface area contributed by atoms with Gasteiger partial charge in [0, 0.05) is 7.05 Å². The van der Waals surface area contributed by atoms with Crippen molar-refractivity contribution in [2.24, 2.45) is 12.5 Å². The fourth-order valence-electron chi connectivity index (χ4n) is 1.39. The minimum absolute atomic E-state index is 0.0178. The summed E-state index contributed by atoms with van der Waals surface area (Å²) in [5.74, 6) is 0.188. The molecule has 1 N–H and O–H groups in total. The molecule has 0 amide bonds. The molecule has 6 nitrogen and oxygen atoms in total. The van der Waals surface area contributed by atoms with Gasteiger partial charge in [-0.1, -0.05) is 20.8 Å². The number of hydrogen-bond acceptors (Lipinski definition) is 4. The van der Waals surface area contributed by atoms with Gasteiger partial charge in [-0.2, -0.15) is 10.4 Å². The lowest BCUT2D eigenvalue weighted by Crippen LogP contribution is -2.27. The first-order valence-electron chi connectivity index (χ1n) is 5.07. The van der Waals surface area contributed by atoms with Gasteiger partial charge in [0.15, 0.2) is 5.82 Å². The standard InChI is InChI=1S/C10H16N4O2S/c1-10(2,3)7-17(15,16)13-9-8(5-11)6-12-14(9)4/h6,13H,7H2,1-4H3. The Balaban J connectivity index is 2.99. The molecule has 0 saturated carbocycles. The summed E-state index contributed by atoms with van der Waals surface area (Å²) in [6, 6.07) is 1.89. The highest BCUT2D eigenvalue weighted by Crippen LogP contribution is 2.20. The Hall–Kier alpha value is -1.55. The van der Waals surface area contributed by atoms with Crippen molar-refractivity contribution in [3.8, 4) is 6.07 Å². The van der Waals surface area contributed by atoms with Crippen molar-refractivity contribution < 1.29 is 8.42 Å². The summed E-state index contributed by atoms with van der Waals surface area (Å²) < 4.78 is 27.5. The molecule has 0 fully saturated rings. The molecule has 0 aliphatic carbocycles. The highest BCUT2D eigenvalue weighted by Gasteiger charge is 2.23. The Labute approximate surface area is 101 Å². The Bertz CT molecular complexity index is 546. The first kappa shape index (κ1) is 13.5. The largest absolute Gasteiger partial charge is 0.266 e. The first-order valence-corrected chi connectivity index (χ1v) is 6.72. The molecule has 94 valence electrons. The van der Waals surface area contributed by atoms with Gasteiger partial charge >= 0.3 is 0 Å². The molecular formula is C10H16N4O2S. The van der Waals surface area contributed by atoms with E-state index in [4.69, 9.17) is 5.26 Å². The third kappa shape index (κ3) is 3.75. The molecule has 0 aromatic carbocycles. The quantitative estimate of drug-likeness (QED) is 0.876. The Morgan fingerprint density at radius 1 is 1.53 bits per heavy atom. The van der Waals surface area contributed by atoms with E-state index in [9.17, 15) is 8.42 Å². The van der Waals surface area contributed by atoms with Crippen LogP contribution in [-0.4, -0.2) is 24.0 Å². The van der Waals surface area contributed by atoms with Crippen molar-refractivity contribution >= 4 is 15.8 Å². The zero-order chi connectivity index (χ0) is 13.3. The van der Waals surface area contributed by atoms with Crippen LogP contribution in [0.5, 0.6) is 0 Å². The van der Waals surface area contributed by atoms with Crippen molar-refractivity contribution in [3.05, 3.63) is 11.8 Å². The fourth-order valence-corrected chi connectivity index (χ4v) is 3.14. The van der Waals surface area contributed by atoms with Gasteiger partial charge in [-0.05, 0) is 5.41 Å². The summed E-state index contributed by atoms with van der Waals surface area (Å²) in [5, 5.41) is 12.7. The van der Waals surface area contributed by atoms with Crippen molar-refractivity contribution in [1.29, 1.82) is 5.26 Å². The number of nitrogens with zero attached hydrogens (tertiary/aromatic N) is 3. The molecule has 1 heterocycles. The van der Waals surface area contributed by atoms with E-state index >= 15 is 0 Å². The average molecular weight is 256 g/mol. The van der Waals surface area contributed by atoms with Gasteiger partial charge in [-0.3, -0.25) is 9.40 Å². The molecule has 0 radical (unpaired) electrons. The van der Waals surface area contributed by atoms with Gasteiger partial charge in [-0.25, -0.2) is 8.42 Å². The second kappa shape index (κ2) is 4.37. The van der Waals surface area contributed by atoms with Crippen LogP contribution >= 0.6 is 0 Å². The van der Waals surface area contributed by atoms with Gasteiger partial charge in [0.25, 0.3) is 0 Å². The third-order valence-electron chi connectivity index (χ3n) is 1.93. The highest BCUT2D eigenvalue weighted by molar-refractivity contribution is 7.92. The van der Waals surface area contributed by atoms with Crippen LogP contribution in [0.15, 0.2) is 6.20 Å². The zero-order valence-electron chi connectivity index (χ0n) is 10.4. The molecule has 17 heavy (non-hydrogen) atoms. The van der Waals surface area contributed by atoms with Crippen LogP contribution < -0.4 is 4.72 Å². The number of rotatable bonds is 3. The number of hydrogen-bond donors (Lipinski definition) is 1. The van der Waals surface area contributed by atoms with Crippen LogP contribution in [0.1, 0.15) is 26.3 Å². The van der Waals surface area contributed by atoms with E-state index in [0.717, 1.165) is 0 Å². The summed E-state index contributed by atoms with van der Waals surface area (Å²) in [4.78, 5) is 0. The molecule has 1 aromatic rings. The topological polar surface area (TPSA) is 87.8 Å². The van der Waals surface area contributed by atoms with E-state index in [0.29, 0.717) is 0 Å². The minimum atomic E-state index is -3.48. The second-order valence-corrected chi connectivity index (χ2v) is 6.79. The monoisotopic (exact) mass is 256 g/mol. The fraction of sp³-hybridized carbons (Fsp3) is 0.600. The second-order valence-electron chi connectivity index (χ2n) is 5.06. The van der Waals surface area contributed by atoms with Gasteiger partial charge in [0.1, 0.15) is 11.6 Å². The molecular weight excluding hydrogens is 240 g/mol. The first-order chi connectivity index (χ1) is 7.64. The molecule has 1 aromatic heterocycles. The molecule has 0 aliphatic rings. The predicted molar refractivity (Wildman–Crippen MR) is 64.8 cm³/mol. The van der Waals surface area contributed by atoms with E-state index in [2.05, 4.69) is 9.82 Å². The van der Waals surface area contributed by atoms with Crippen LogP contribution in [0.4, 0.5) is 5.82 Å². The lowest BCUT2D eigenvalue weighted by Gasteiger charge is -2.18. The Morgan fingerprint density at radius 2 is 2.12 bits per heavy atom. The molecule has 1 rings (SSSR count). The summed E-state index contributed by atoms with van der Waals surface area (Å²) in [6.45, 7) is 5.50. The van der Waals surface area contributed by atoms with Crippen molar-refractivity contribution in [2.45, 2.75) is 20.8 Å². The number of nitrogens with one attached hydrogen (secondary N) is 1. The lowest BCUT2D eigenvalue weighted by molar-refractivity contribution is 0.463.